The third-order valence-electron chi connectivity index (χ3n) is 6.26. The second kappa shape index (κ2) is 13.3. The minimum absolute atomic E-state index is 1.10. The lowest BCUT2D eigenvalue weighted by atomic mass is 10.1. The quantitative estimate of drug-likeness (QED) is 0.481. The molecule has 0 unspecified atom stereocenters. The van der Waals surface area contributed by atoms with Crippen LogP contribution in [0.2, 0.25) is 0 Å². The van der Waals surface area contributed by atoms with Crippen LogP contribution in [0.4, 0.5) is 0 Å². The second-order valence-electron chi connectivity index (χ2n) is 8.62. The number of nitrogens with zero attached hydrogens (tertiary/aromatic N) is 2. The number of hydrogen-bond donors (Lipinski definition) is 2. The van der Waals surface area contributed by atoms with Crippen molar-refractivity contribution in [2.75, 3.05) is 65.4 Å². The fraction of sp³-hybridized carbons (Fsp3) is 0.750. The van der Waals surface area contributed by atoms with Crippen molar-refractivity contribution < 1.29 is 0 Å². The number of rotatable bonds is 14. The molecule has 0 aliphatic carbocycles. The van der Waals surface area contributed by atoms with Gasteiger partial charge in [-0.05, 0) is 128 Å². The third-order valence-corrected chi connectivity index (χ3v) is 6.26. The van der Waals surface area contributed by atoms with E-state index in [4.69, 9.17) is 0 Å². The van der Waals surface area contributed by atoms with Gasteiger partial charge >= 0.3 is 0 Å². The summed E-state index contributed by atoms with van der Waals surface area (Å²) >= 11 is 0. The molecule has 2 fully saturated rings. The lowest BCUT2D eigenvalue weighted by Crippen LogP contribution is -2.26. The Morgan fingerprint density at radius 2 is 0.964 bits per heavy atom. The number of benzene rings is 1. The first-order valence-electron chi connectivity index (χ1n) is 11.8. The van der Waals surface area contributed by atoms with Gasteiger partial charge in [-0.1, -0.05) is 24.3 Å². The molecule has 2 saturated heterocycles. The van der Waals surface area contributed by atoms with E-state index in [1.807, 2.05) is 0 Å². The van der Waals surface area contributed by atoms with Gasteiger partial charge in [0.15, 0.2) is 0 Å². The van der Waals surface area contributed by atoms with Crippen LogP contribution in [-0.4, -0.2) is 75.2 Å². The molecule has 4 nitrogen and oxygen atoms in total. The Kier molecular flexibility index (Phi) is 10.3. The van der Waals surface area contributed by atoms with Gasteiger partial charge in [0.2, 0.25) is 0 Å². The van der Waals surface area contributed by atoms with Gasteiger partial charge in [-0.15, -0.1) is 0 Å². The monoisotopic (exact) mass is 386 g/mol. The molecule has 2 aliphatic rings. The van der Waals surface area contributed by atoms with Crippen LogP contribution in [0.25, 0.3) is 0 Å². The molecule has 0 radical (unpaired) electrons. The van der Waals surface area contributed by atoms with Crippen LogP contribution >= 0.6 is 0 Å². The highest BCUT2D eigenvalue weighted by Gasteiger charge is 2.10. The highest BCUT2D eigenvalue weighted by molar-refractivity contribution is 5.23. The standard InChI is InChI=1S/C24H42N4/c1-2-18-27(17-1)21-5-13-25-15-11-23-7-9-24(10-8-23)12-16-26-14-6-22-28-19-3-4-20-28/h7-10,25-26H,1-6,11-22H2. The third kappa shape index (κ3) is 8.60. The van der Waals surface area contributed by atoms with Gasteiger partial charge in [0.1, 0.15) is 0 Å². The predicted octanol–water partition coefficient (Wildman–Crippen LogP) is 2.92. The van der Waals surface area contributed by atoms with Crippen molar-refractivity contribution in [3.63, 3.8) is 0 Å². The van der Waals surface area contributed by atoms with Crippen molar-refractivity contribution in [1.82, 2.24) is 20.4 Å². The molecule has 158 valence electrons. The summed E-state index contributed by atoms with van der Waals surface area (Å²) in [6.07, 6.45) is 10.4. The summed E-state index contributed by atoms with van der Waals surface area (Å²) in [5.41, 5.74) is 2.91. The summed E-state index contributed by atoms with van der Waals surface area (Å²) in [5, 5.41) is 7.21. The van der Waals surface area contributed by atoms with Gasteiger partial charge in [0.25, 0.3) is 0 Å². The molecule has 0 amide bonds. The van der Waals surface area contributed by atoms with Gasteiger partial charge < -0.3 is 20.4 Å². The van der Waals surface area contributed by atoms with Crippen LogP contribution in [0.5, 0.6) is 0 Å². The molecule has 1 aromatic rings. The average molecular weight is 387 g/mol. The maximum Gasteiger partial charge on any atom is -0.000664 e. The first kappa shape index (κ1) is 21.8. The molecule has 2 heterocycles. The summed E-state index contributed by atoms with van der Waals surface area (Å²) in [4.78, 5) is 5.20. The SMILES string of the molecule is c1cc(CCNCCCN2CCCC2)ccc1CCNCCCN1CCCC1. The molecule has 0 spiro atoms. The smallest absolute Gasteiger partial charge is 0.000664 e. The molecule has 0 bridgehead atoms. The summed E-state index contributed by atoms with van der Waals surface area (Å²) < 4.78 is 0. The van der Waals surface area contributed by atoms with Gasteiger partial charge in [-0.25, -0.2) is 0 Å². The van der Waals surface area contributed by atoms with E-state index in [0.29, 0.717) is 0 Å². The van der Waals surface area contributed by atoms with Crippen molar-refractivity contribution in [2.45, 2.75) is 51.4 Å². The molecule has 3 rings (SSSR count). The maximum atomic E-state index is 3.61. The number of likely N-dealkylation sites (tertiary alicyclic amines) is 2. The van der Waals surface area contributed by atoms with E-state index in [-0.39, 0.29) is 0 Å². The van der Waals surface area contributed by atoms with E-state index in [1.54, 1.807) is 0 Å². The Labute approximate surface area is 173 Å². The fourth-order valence-corrected chi connectivity index (χ4v) is 4.46. The van der Waals surface area contributed by atoms with Crippen LogP contribution in [0.3, 0.4) is 0 Å². The van der Waals surface area contributed by atoms with Crippen LogP contribution in [0.1, 0.15) is 49.7 Å². The number of hydrogen-bond acceptors (Lipinski definition) is 4. The van der Waals surface area contributed by atoms with Crippen molar-refractivity contribution in [3.05, 3.63) is 35.4 Å². The summed E-state index contributed by atoms with van der Waals surface area (Å²) in [5.74, 6) is 0. The zero-order chi connectivity index (χ0) is 19.3. The molecule has 2 N–H and O–H groups in total. The Morgan fingerprint density at radius 3 is 1.36 bits per heavy atom. The zero-order valence-corrected chi connectivity index (χ0v) is 17.9. The van der Waals surface area contributed by atoms with E-state index < -0.39 is 0 Å². The zero-order valence-electron chi connectivity index (χ0n) is 17.9. The van der Waals surface area contributed by atoms with Crippen molar-refractivity contribution in [1.29, 1.82) is 0 Å². The lowest BCUT2D eigenvalue weighted by molar-refractivity contribution is 0.331. The van der Waals surface area contributed by atoms with Crippen LogP contribution < -0.4 is 10.6 Å². The molecular formula is C24H42N4. The highest BCUT2D eigenvalue weighted by Crippen LogP contribution is 2.08. The van der Waals surface area contributed by atoms with Crippen molar-refractivity contribution in [2.24, 2.45) is 0 Å². The minimum atomic E-state index is 1.10. The molecule has 28 heavy (non-hydrogen) atoms. The first-order valence-corrected chi connectivity index (χ1v) is 11.8. The largest absolute Gasteiger partial charge is 0.316 e. The summed E-state index contributed by atoms with van der Waals surface area (Å²) in [6, 6.07) is 9.26. The molecule has 1 aromatic carbocycles. The van der Waals surface area contributed by atoms with Crippen molar-refractivity contribution in [3.8, 4) is 0 Å². The molecule has 4 heteroatoms. The summed E-state index contributed by atoms with van der Waals surface area (Å²) in [7, 11) is 0. The van der Waals surface area contributed by atoms with E-state index in [0.717, 1.165) is 39.0 Å². The molecule has 0 aromatic heterocycles. The van der Waals surface area contributed by atoms with Gasteiger partial charge in [-0.3, -0.25) is 0 Å². The Hall–Kier alpha value is -0.940. The van der Waals surface area contributed by atoms with Crippen molar-refractivity contribution >= 4 is 0 Å². The predicted molar refractivity (Wildman–Crippen MR) is 120 cm³/mol. The molecule has 0 saturated carbocycles. The average Bonchev–Trinajstić information content (AvgIpc) is 3.42. The molecule has 0 atom stereocenters. The van der Waals surface area contributed by atoms with Crippen LogP contribution in [-0.2, 0) is 12.8 Å². The molecular weight excluding hydrogens is 344 g/mol. The van der Waals surface area contributed by atoms with Gasteiger partial charge in [0.05, 0.1) is 0 Å². The Morgan fingerprint density at radius 1 is 0.571 bits per heavy atom. The highest BCUT2D eigenvalue weighted by atomic mass is 15.1. The van der Waals surface area contributed by atoms with Gasteiger partial charge in [0, 0.05) is 0 Å². The van der Waals surface area contributed by atoms with E-state index >= 15 is 0 Å². The topological polar surface area (TPSA) is 30.5 Å². The van der Waals surface area contributed by atoms with E-state index in [2.05, 4.69) is 44.7 Å². The maximum absolute atomic E-state index is 3.61. The first-order chi connectivity index (χ1) is 13.9. The van der Waals surface area contributed by atoms with E-state index in [9.17, 15) is 0 Å². The Balaban J connectivity index is 1.16. The summed E-state index contributed by atoms with van der Waals surface area (Å²) in [6.45, 7) is 12.3. The van der Waals surface area contributed by atoms with Crippen LogP contribution in [0.15, 0.2) is 24.3 Å². The fourth-order valence-electron chi connectivity index (χ4n) is 4.46. The normalized spacial score (nSPS) is 18.3. The van der Waals surface area contributed by atoms with Crippen LogP contribution in [0, 0.1) is 0 Å². The number of nitrogens with one attached hydrogen (secondary N) is 2. The lowest BCUT2D eigenvalue weighted by Gasteiger charge is -2.14. The Bertz CT molecular complexity index is 457. The molecule has 2 aliphatic heterocycles. The van der Waals surface area contributed by atoms with E-state index in [1.165, 1.54) is 88.9 Å². The minimum Gasteiger partial charge on any atom is -0.316 e. The van der Waals surface area contributed by atoms with Gasteiger partial charge in [-0.2, -0.15) is 0 Å². The second-order valence-corrected chi connectivity index (χ2v) is 8.62.